The lowest BCUT2D eigenvalue weighted by Crippen LogP contribution is -2.18. The number of rotatable bonds is 6. The normalized spacial score (nSPS) is 10.3. The Labute approximate surface area is 170 Å². The summed E-state index contributed by atoms with van der Waals surface area (Å²) in [5, 5.41) is 5.56. The molecule has 0 aliphatic carbocycles. The third-order valence-electron chi connectivity index (χ3n) is 3.65. The summed E-state index contributed by atoms with van der Waals surface area (Å²) >= 11 is 2.11. The first-order chi connectivity index (χ1) is 13.1. The minimum Gasteiger partial charge on any atom is -0.492 e. The van der Waals surface area contributed by atoms with Crippen molar-refractivity contribution < 1.29 is 18.7 Å². The molecule has 0 aliphatic heterocycles. The van der Waals surface area contributed by atoms with Gasteiger partial charge in [0.25, 0.3) is 11.8 Å². The van der Waals surface area contributed by atoms with Crippen LogP contribution in [0.5, 0.6) is 5.75 Å². The van der Waals surface area contributed by atoms with E-state index in [0.29, 0.717) is 29.3 Å². The van der Waals surface area contributed by atoms with Gasteiger partial charge in [-0.3, -0.25) is 9.59 Å². The minimum absolute atomic E-state index is 0.168. The van der Waals surface area contributed by atoms with Crippen molar-refractivity contribution >= 4 is 45.8 Å². The van der Waals surface area contributed by atoms with Gasteiger partial charge in [0.2, 0.25) is 0 Å². The van der Waals surface area contributed by atoms with E-state index in [9.17, 15) is 9.59 Å². The first-order valence-corrected chi connectivity index (χ1v) is 9.34. The van der Waals surface area contributed by atoms with Crippen molar-refractivity contribution in [1.29, 1.82) is 0 Å². The van der Waals surface area contributed by atoms with Crippen molar-refractivity contribution in [3.05, 3.63) is 75.8 Å². The van der Waals surface area contributed by atoms with Crippen LogP contribution in [0, 0.1) is 3.57 Å². The van der Waals surface area contributed by atoms with E-state index in [-0.39, 0.29) is 11.7 Å². The fourth-order valence-electron chi connectivity index (χ4n) is 2.45. The van der Waals surface area contributed by atoms with Crippen LogP contribution < -0.4 is 15.4 Å². The van der Waals surface area contributed by atoms with E-state index in [1.165, 1.54) is 6.26 Å². The second-order valence-electron chi connectivity index (χ2n) is 5.50. The van der Waals surface area contributed by atoms with E-state index in [2.05, 4.69) is 33.2 Å². The summed E-state index contributed by atoms with van der Waals surface area (Å²) in [5.74, 6) is -0.0258. The number of hydrogen-bond donors (Lipinski definition) is 2. The van der Waals surface area contributed by atoms with Gasteiger partial charge in [-0.05, 0) is 72.0 Å². The molecule has 0 radical (unpaired) electrons. The summed E-state index contributed by atoms with van der Waals surface area (Å²) in [6.07, 6.45) is 1.42. The third-order valence-corrected chi connectivity index (χ3v) is 4.33. The quantitative estimate of drug-likeness (QED) is 0.502. The average molecular weight is 476 g/mol. The Hall–Kier alpha value is -2.81. The highest BCUT2D eigenvalue weighted by Gasteiger charge is 2.17. The highest BCUT2D eigenvalue weighted by molar-refractivity contribution is 14.1. The zero-order chi connectivity index (χ0) is 19.2. The fourth-order valence-corrected chi connectivity index (χ4v) is 2.94. The summed E-state index contributed by atoms with van der Waals surface area (Å²) in [4.78, 5) is 25.1. The van der Waals surface area contributed by atoms with E-state index < -0.39 is 5.91 Å². The van der Waals surface area contributed by atoms with Crippen LogP contribution in [-0.4, -0.2) is 18.4 Å². The van der Waals surface area contributed by atoms with E-state index in [1.54, 1.807) is 36.4 Å². The van der Waals surface area contributed by atoms with Crippen molar-refractivity contribution in [2.24, 2.45) is 0 Å². The molecule has 0 saturated heterocycles. The molecule has 3 aromatic rings. The standard InChI is InChI=1S/C20H17IN2O4/c1-2-26-17-7-4-3-6-16(17)23-19(24)14-12-13(21)9-10-15(14)22-20(25)18-8-5-11-27-18/h3-12H,2H2,1H3,(H,22,25)(H,23,24). The maximum absolute atomic E-state index is 12.9. The lowest BCUT2D eigenvalue weighted by atomic mass is 10.1. The number of hydrogen-bond acceptors (Lipinski definition) is 4. The first-order valence-electron chi connectivity index (χ1n) is 8.26. The lowest BCUT2D eigenvalue weighted by molar-refractivity contribution is 0.0996. The Morgan fingerprint density at radius 3 is 2.52 bits per heavy atom. The maximum atomic E-state index is 12.9. The minimum atomic E-state index is -0.426. The van der Waals surface area contributed by atoms with Crippen molar-refractivity contribution in [1.82, 2.24) is 0 Å². The topological polar surface area (TPSA) is 80.6 Å². The van der Waals surface area contributed by atoms with E-state index in [1.807, 2.05) is 25.1 Å². The summed E-state index contributed by atoms with van der Waals surface area (Å²) in [6, 6.07) is 15.6. The predicted molar refractivity (Wildman–Crippen MR) is 111 cm³/mol. The molecule has 0 aliphatic rings. The summed E-state index contributed by atoms with van der Waals surface area (Å²) in [7, 11) is 0. The van der Waals surface area contributed by atoms with Crippen LogP contribution in [0.4, 0.5) is 11.4 Å². The average Bonchev–Trinajstić information content (AvgIpc) is 3.20. The van der Waals surface area contributed by atoms with Crippen LogP contribution >= 0.6 is 22.6 Å². The van der Waals surface area contributed by atoms with E-state index in [0.717, 1.165) is 3.57 Å². The predicted octanol–water partition coefficient (Wildman–Crippen LogP) is 4.79. The van der Waals surface area contributed by atoms with Gasteiger partial charge in [-0.25, -0.2) is 0 Å². The van der Waals surface area contributed by atoms with Gasteiger partial charge in [-0.1, -0.05) is 12.1 Å². The SMILES string of the molecule is CCOc1ccccc1NC(=O)c1cc(I)ccc1NC(=O)c1ccco1. The Morgan fingerprint density at radius 1 is 1.00 bits per heavy atom. The monoisotopic (exact) mass is 476 g/mol. The molecule has 0 atom stereocenters. The lowest BCUT2D eigenvalue weighted by Gasteiger charge is -2.14. The van der Waals surface area contributed by atoms with Gasteiger partial charge in [-0.15, -0.1) is 0 Å². The van der Waals surface area contributed by atoms with E-state index >= 15 is 0 Å². The van der Waals surface area contributed by atoms with Crippen LogP contribution in [0.15, 0.2) is 65.3 Å². The van der Waals surface area contributed by atoms with Crippen LogP contribution in [0.25, 0.3) is 0 Å². The molecule has 7 heteroatoms. The molecule has 2 aromatic carbocycles. The van der Waals surface area contributed by atoms with Crippen molar-refractivity contribution in [2.45, 2.75) is 6.92 Å². The molecular weight excluding hydrogens is 459 g/mol. The van der Waals surface area contributed by atoms with Gasteiger partial charge in [-0.2, -0.15) is 0 Å². The van der Waals surface area contributed by atoms with Crippen LogP contribution in [0.3, 0.4) is 0 Å². The van der Waals surface area contributed by atoms with Crippen LogP contribution in [0.1, 0.15) is 27.8 Å². The molecule has 2 amide bonds. The van der Waals surface area contributed by atoms with Gasteiger partial charge >= 0.3 is 0 Å². The van der Waals surface area contributed by atoms with Crippen molar-refractivity contribution in [2.75, 3.05) is 17.2 Å². The highest BCUT2D eigenvalue weighted by atomic mass is 127. The summed E-state index contributed by atoms with van der Waals surface area (Å²) < 4.78 is 11.5. The Balaban J connectivity index is 1.86. The summed E-state index contributed by atoms with van der Waals surface area (Å²) in [5.41, 5.74) is 1.29. The van der Waals surface area contributed by atoms with Crippen molar-refractivity contribution in [3.8, 4) is 5.75 Å². The van der Waals surface area contributed by atoms with Gasteiger partial charge in [0.1, 0.15) is 5.75 Å². The molecule has 0 spiro atoms. The molecule has 6 nitrogen and oxygen atoms in total. The largest absolute Gasteiger partial charge is 0.492 e. The number of para-hydroxylation sites is 2. The van der Waals surface area contributed by atoms with Gasteiger partial charge in [0.05, 0.1) is 29.8 Å². The number of nitrogens with one attached hydrogen (secondary N) is 2. The molecule has 2 N–H and O–H groups in total. The number of carbonyl (C=O) groups is 2. The Kier molecular flexibility index (Phi) is 6.12. The number of carbonyl (C=O) groups excluding carboxylic acids is 2. The second kappa shape index (κ2) is 8.72. The third kappa shape index (κ3) is 4.68. The molecule has 0 unspecified atom stereocenters. The molecular formula is C20H17IN2O4. The van der Waals surface area contributed by atoms with Crippen LogP contribution in [-0.2, 0) is 0 Å². The number of amides is 2. The number of benzene rings is 2. The number of anilines is 2. The molecule has 27 heavy (non-hydrogen) atoms. The maximum Gasteiger partial charge on any atom is 0.291 e. The van der Waals surface area contributed by atoms with Gasteiger partial charge in [0, 0.05) is 3.57 Å². The number of furan rings is 1. The zero-order valence-corrected chi connectivity index (χ0v) is 16.6. The molecule has 0 bridgehead atoms. The fraction of sp³-hybridized carbons (Fsp3) is 0.100. The van der Waals surface area contributed by atoms with E-state index in [4.69, 9.17) is 9.15 Å². The first kappa shape index (κ1) is 19.0. The smallest absolute Gasteiger partial charge is 0.291 e. The Morgan fingerprint density at radius 2 is 1.78 bits per heavy atom. The number of halogens is 1. The molecule has 1 aromatic heterocycles. The second-order valence-corrected chi connectivity index (χ2v) is 6.75. The van der Waals surface area contributed by atoms with Gasteiger partial charge in [0.15, 0.2) is 5.76 Å². The zero-order valence-electron chi connectivity index (χ0n) is 14.5. The molecule has 0 fully saturated rings. The van der Waals surface area contributed by atoms with Gasteiger partial charge < -0.3 is 19.8 Å². The molecule has 0 saturated carbocycles. The van der Waals surface area contributed by atoms with Crippen LogP contribution in [0.2, 0.25) is 0 Å². The van der Waals surface area contributed by atoms with Crippen molar-refractivity contribution in [3.63, 3.8) is 0 Å². The Bertz CT molecular complexity index is 954. The summed E-state index contributed by atoms with van der Waals surface area (Å²) in [6.45, 7) is 2.36. The molecule has 1 heterocycles. The number of ether oxygens (including phenoxy) is 1. The highest BCUT2D eigenvalue weighted by Crippen LogP contribution is 2.26. The molecule has 3 rings (SSSR count). The molecule has 138 valence electrons.